The Bertz CT molecular complexity index is 827. The van der Waals surface area contributed by atoms with E-state index in [1.807, 2.05) is 0 Å². The first kappa shape index (κ1) is 27.7. The van der Waals surface area contributed by atoms with Crippen molar-refractivity contribution in [1.29, 1.82) is 0 Å². The van der Waals surface area contributed by atoms with Crippen molar-refractivity contribution in [3.8, 4) is 0 Å². The second kappa shape index (κ2) is 13.9. The second-order valence-electron chi connectivity index (χ2n) is 7.22. The number of nitrogens with two attached hydrogens (primary N) is 3. The number of thiol groups is 1. The zero-order valence-corrected chi connectivity index (χ0v) is 19.0. The van der Waals surface area contributed by atoms with Crippen molar-refractivity contribution in [2.45, 2.75) is 50.4 Å². The van der Waals surface area contributed by atoms with E-state index in [1.165, 1.54) is 19.4 Å². The quantitative estimate of drug-likeness (QED) is 0.0557. The third-order valence-electron chi connectivity index (χ3n) is 4.40. The highest BCUT2D eigenvalue weighted by Gasteiger charge is 2.29. The zero-order chi connectivity index (χ0) is 25.0. The Morgan fingerprint density at radius 1 is 1.12 bits per heavy atom. The number of guanidine groups is 1. The van der Waals surface area contributed by atoms with E-state index >= 15 is 0 Å². The molecule has 0 saturated heterocycles. The molecule has 0 aromatic carbocycles. The standard InChI is InChI=1S/C18H31N9O5S/c1-9(19)14(28)25-11(3-2-4-23-18(20)21)15(29)27-13(7-33)16(30)26-12(17(31)32)5-10-6-22-8-24-10/h6,8-9,11-13,33H,2-5,7,19H2,1H3,(H,22,24)(H,25,28)(H,26,30)(H,27,29)(H,31,32)(H4,20,21,23). The molecule has 1 heterocycles. The van der Waals surface area contributed by atoms with Gasteiger partial charge in [-0.3, -0.25) is 19.4 Å². The van der Waals surface area contributed by atoms with Crippen LogP contribution in [0.3, 0.4) is 0 Å². The monoisotopic (exact) mass is 485 g/mol. The molecule has 0 spiro atoms. The largest absolute Gasteiger partial charge is 0.480 e. The number of carboxylic acids is 1. The van der Waals surface area contributed by atoms with Crippen LogP contribution in [0, 0.1) is 0 Å². The van der Waals surface area contributed by atoms with Gasteiger partial charge in [-0.2, -0.15) is 12.6 Å². The molecule has 0 aliphatic rings. The number of carbonyl (C=O) groups excluding carboxylic acids is 3. The molecule has 0 fully saturated rings. The fraction of sp³-hybridized carbons (Fsp3) is 0.556. The molecule has 0 saturated carbocycles. The molecule has 0 aliphatic carbocycles. The minimum Gasteiger partial charge on any atom is -0.480 e. The Morgan fingerprint density at radius 2 is 1.73 bits per heavy atom. The van der Waals surface area contributed by atoms with Gasteiger partial charge in [-0.05, 0) is 19.8 Å². The summed E-state index contributed by atoms with van der Waals surface area (Å²) in [5, 5.41) is 16.8. The molecular formula is C18H31N9O5S. The average molecular weight is 486 g/mol. The number of aromatic amines is 1. The van der Waals surface area contributed by atoms with Crippen molar-refractivity contribution in [3.05, 3.63) is 18.2 Å². The van der Waals surface area contributed by atoms with Crippen LogP contribution in [0.4, 0.5) is 0 Å². The van der Waals surface area contributed by atoms with Crippen LogP contribution in [0.25, 0.3) is 0 Å². The lowest BCUT2D eigenvalue weighted by Crippen LogP contribution is -2.57. The van der Waals surface area contributed by atoms with E-state index in [0.29, 0.717) is 12.1 Å². The highest BCUT2D eigenvalue weighted by molar-refractivity contribution is 7.80. The normalized spacial score (nSPS) is 14.3. The number of hydrogen-bond donors (Lipinski definition) is 9. The Balaban J connectivity index is 2.82. The van der Waals surface area contributed by atoms with Crippen LogP contribution in [0.1, 0.15) is 25.5 Å². The lowest BCUT2D eigenvalue weighted by Gasteiger charge is -2.24. The Hall–Kier alpha value is -3.33. The van der Waals surface area contributed by atoms with E-state index in [2.05, 4.69) is 43.5 Å². The highest BCUT2D eigenvalue weighted by atomic mass is 32.1. The molecule has 0 aliphatic heterocycles. The summed E-state index contributed by atoms with van der Waals surface area (Å²) in [4.78, 5) is 59.3. The van der Waals surface area contributed by atoms with Crippen LogP contribution in [0.5, 0.6) is 0 Å². The van der Waals surface area contributed by atoms with Gasteiger partial charge < -0.3 is 43.2 Å². The van der Waals surface area contributed by atoms with Crippen LogP contribution in [-0.4, -0.2) is 81.2 Å². The van der Waals surface area contributed by atoms with Crippen molar-refractivity contribution >= 4 is 42.3 Å². The number of aliphatic imine (C=N–C) groups is 1. The number of nitrogens with zero attached hydrogens (tertiary/aromatic N) is 2. The van der Waals surface area contributed by atoms with Crippen molar-refractivity contribution in [1.82, 2.24) is 25.9 Å². The predicted molar refractivity (Wildman–Crippen MR) is 123 cm³/mol. The van der Waals surface area contributed by atoms with Gasteiger partial charge in [-0.1, -0.05) is 0 Å². The molecule has 33 heavy (non-hydrogen) atoms. The van der Waals surface area contributed by atoms with Gasteiger partial charge in [-0.15, -0.1) is 0 Å². The number of aliphatic carboxylic acids is 1. The van der Waals surface area contributed by atoms with Crippen LogP contribution in [0.2, 0.25) is 0 Å². The van der Waals surface area contributed by atoms with Crippen molar-refractivity contribution < 1.29 is 24.3 Å². The summed E-state index contributed by atoms with van der Waals surface area (Å²) in [6, 6.07) is -4.30. The van der Waals surface area contributed by atoms with Gasteiger partial charge in [0.1, 0.15) is 18.1 Å². The number of carbonyl (C=O) groups is 4. The first-order valence-corrected chi connectivity index (χ1v) is 10.7. The summed E-state index contributed by atoms with van der Waals surface area (Å²) >= 11 is 4.08. The van der Waals surface area contributed by atoms with Crippen molar-refractivity contribution in [3.63, 3.8) is 0 Å². The zero-order valence-electron chi connectivity index (χ0n) is 18.2. The fourth-order valence-corrected chi connectivity index (χ4v) is 2.89. The maximum absolute atomic E-state index is 12.8. The van der Waals surface area contributed by atoms with Gasteiger partial charge >= 0.3 is 5.97 Å². The average Bonchev–Trinajstić information content (AvgIpc) is 3.25. The number of amides is 3. The van der Waals surface area contributed by atoms with E-state index in [9.17, 15) is 24.3 Å². The maximum Gasteiger partial charge on any atom is 0.326 e. The number of H-pyrrole nitrogens is 1. The maximum atomic E-state index is 12.8. The Labute approximate surface area is 195 Å². The fourth-order valence-electron chi connectivity index (χ4n) is 2.63. The smallest absolute Gasteiger partial charge is 0.326 e. The molecule has 14 nitrogen and oxygen atoms in total. The second-order valence-corrected chi connectivity index (χ2v) is 7.59. The first-order chi connectivity index (χ1) is 15.5. The van der Waals surface area contributed by atoms with Crippen molar-refractivity contribution in [2.75, 3.05) is 12.3 Å². The summed E-state index contributed by atoms with van der Waals surface area (Å²) < 4.78 is 0. The van der Waals surface area contributed by atoms with E-state index < -0.39 is 47.9 Å². The summed E-state index contributed by atoms with van der Waals surface area (Å²) in [6.07, 6.45) is 3.31. The highest BCUT2D eigenvalue weighted by Crippen LogP contribution is 2.03. The number of hydrogen-bond acceptors (Lipinski definition) is 8. The van der Waals surface area contributed by atoms with Gasteiger partial charge in [0.05, 0.1) is 12.4 Å². The summed E-state index contributed by atoms with van der Waals surface area (Å²) in [7, 11) is 0. The molecule has 11 N–H and O–H groups in total. The van der Waals surface area contributed by atoms with Crippen LogP contribution < -0.4 is 33.2 Å². The van der Waals surface area contributed by atoms with Crippen molar-refractivity contribution in [2.24, 2.45) is 22.2 Å². The predicted octanol–water partition coefficient (Wildman–Crippen LogP) is -3.18. The van der Waals surface area contributed by atoms with Gasteiger partial charge in [-0.25, -0.2) is 9.78 Å². The molecule has 15 heteroatoms. The molecule has 184 valence electrons. The third kappa shape index (κ3) is 10.2. The van der Waals surface area contributed by atoms with Crippen LogP contribution in [0.15, 0.2) is 17.5 Å². The van der Waals surface area contributed by atoms with E-state index in [-0.39, 0.29) is 31.1 Å². The minimum absolute atomic E-state index is 0.0355. The SMILES string of the molecule is CC(N)C(=O)NC(CCCN=C(N)N)C(=O)NC(CS)C(=O)NC(Cc1cnc[nH]1)C(=O)O. The topological polar surface area (TPSA) is 244 Å². The number of nitrogens with one attached hydrogen (secondary N) is 4. The lowest BCUT2D eigenvalue weighted by molar-refractivity contribution is -0.142. The molecule has 1 rings (SSSR count). The van der Waals surface area contributed by atoms with E-state index in [1.54, 1.807) is 0 Å². The molecule has 1 aromatic rings. The van der Waals surface area contributed by atoms with Gasteiger partial charge in [0, 0.05) is 30.6 Å². The Morgan fingerprint density at radius 3 is 2.24 bits per heavy atom. The number of imidazole rings is 1. The third-order valence-corrected chi connectivity index (χ3v) is 4.77. The van der Waals surface area contributed by atoms with Gasteiger partial charge in [0.25, 0.3) is 0 Å². The number of rotatable bonds is 14. The van der Waals surface area contributed by atoms with E-state index in [0.717, 1.165) is 0 Å². The van der Waals surface area contributed by atoms with Crippen LogP contribution in [-0.2, 0) is 25.6 Å². The lowest BCUT2D eigenvalue weighted by atomic mass is 10.1. The molecule has 0 bridgehead atoms. The molecule has 0 radical (unpaired) electrons. The molecule has 4 atom stereocenters. The van der Waals surface area contributed by atoms with Gasteiger partial charge in [0.15, 0.2) is 5.96 Å². The summed E-state index contributed by atoms with van der Waals surface area (Å²) in [6.45, 7) is 1.68. The molecule has 1 aromatic heterocycles. The van der Waals surface area contributed by atoms with Gasteiger partial charge in [0.2, 0.25) is 17.7 Å². The van der Waals surface area contributed by atoms with Crippen LogP contribution >= 0.6 is 12.6 Å². The first-order valence-electron chi connectivity index (χ1n) is 10.1. The summed E-state index contributed by atoms with van der Waals surface area (Å²) in [5.74, 6) is -3.45. The Kier molecular flexibility index (Phi) is 11.7. The molecular weight excluding hydrogens is 454 g/mol. The number of carboxylic acid groups (broad SMARTS) is 1. The minimum atomic E-state index is -1.26. The number of aromatic nitrogens is 2. The summed E-state index contributed by atoms with van der Waals surface area (Å²) in [5.41, 5.74) is 16.6. The van der Waals surface area contributed by atoms with E-state index in [4.69, 9.17) is 17.2 Å². The molecule has 3 amide bonds. The molecule has 4 unspecified atom stereocenters.